The molecular formula is C18H27NO2. The van der Waals surface area contributed by atoms with Crippen molar-refractivity contribution in [3.63, 3.8) is 0 Å². The van der Waals surface area contributed by atoms with Gasteiger partial charge >= 0.3 is 5.97 Å². The van der Waals surface area contributed by atoms with Crippen LogP contribution in [0.3, 0.4) is 0 Å². The fourth-order valence-corrected chi connectivity index (χ4v) is 3.38. The summed E-state index contributed by atoms with van der Waals surface area (Å²) in [6, 6.07) is 5.33. The second-order valence-electron chi connectivity index (χ2n) is 6.33. The standard InChI is InChI=1S/C18H27NO2/c19-17-13-15(11-12-16(17)18(20)21)10-6-5-9-14-7-3-1-2-4-8-14/h11-14H,1-10,19H2,(H,20,21). The number of nitrogens with two attached hydrogens (primary N) is 1. The van der Waals surface area contributed by atoms with Gasteiger partial charge in [-0.3, -0.25) is 0 Å². The smallest absolute Gasteiger partial charge is 0.337 e. The van der Waals surface area contributed by atoms with Crippen LogP contribution >= 0.6 is 0 Å². The molecule has 0 heterocycles. The molecular weight excluding hydrogens is 262 g/mol. The average molecular weight is 289 g/mol. The molecule has 0 amide bonds. The third-order valence-electron chi connectivity index (χ3n) is 4.65. The van der Waals surface area contributed by atoms with Crippen LogP contribution in [-0.4, -0.2) is 11.1 Å². The zero-order chi connectivity index (χ0) is 15.1. The van der Waals surface area contributed by atoms with Crippen LogP contribution in [0.4, 0.5) is 5.69 Å². The van der Waals surface area contributed by atoms with E-state index in [2.05, 4.69) is 0 Å². The lowest BCUT2D eigenvalue weighted by Crippen LogP contribution is -2.03. The monoisotopic (exact) mass is 289 g/mol. The molecule has 0 radical (unpaired) electrons. The van der Waals surface area contributed by atoms with Crippen molar-refractivity contribution in [1.82, 2.24) is 0 Å². The number of anilines is 1. The van der Waals surface area contributed by atoms with Crippen molar-refractivity contribution < 1.29 is 9.90 Å². The molecule has 3 nitrogen and oxygen atoms in total. The van der Waals surface area contributed by atoms with Crippen LogP contribution in [0.2, 0.25) is 0 Å². The van der Waals surface area contributed by atoms with Gasteiger partial charge in [-0.05, 0) is 36.5 Å². The third-order valence-corrected chi connectivity index (χ3v) is 4.65. The Morgan fingerprint density at radius 1 is 1.14 bits per heavy atom. The van der Waals surface area contributed by atoms with E-state index < -0.39 is 5.97 Å². The maximum Gasteiger partial charge on any atom is 0.337 e. The van der Waals surface area contributed by atoms with E-state index in [1.807, 2.05) is 12.1 Å². The number of benzene rings is 1. The minimum atomic E-state index is -0.951. The lowest BCUT2D eigenvalue weighted by Gasteiger charge is -2.13. The van der Waals surface area contributed by atoms with Crippen molar-refractivity contribution in [3.8, 4) is 0 Å². The molecule has 1 aromatic rings. The van der Waals surface area contributed by atoms with Crippen LogP contribution in [0.15, 0.2) is 18.2 Å². The number of aryl methyl sites for hydroxylation is 1. The molecule has 1 aromatic carbocycles. The van der Waals surface area contributed by atoms with Crippen LogP contribution in [0, 0.1) is 5.92 Å². The van der Waals surface area contributed by atoms with E-state index in [1.165, 1.54) is 57.8 Å². The topological polar surface area (TPSA) is 63.3 Å². The molecule has 1 aliphatic carbocycles. The number of rotatable bonds is 6. The Hall–Kier alpha value is -1.51. The van der Waals surface area contributed by atoms with Crippen LogP contribution in [0.25, 0.3) is 0 Å². The van der Waals surface area contributed by atoms with Crippen LogP contribution < -0.4 is 5.73 Å². The van der Waals surface area contributed by atoms with Crippen LogP contribution in [-0.2, 0) is 6.42 Å². The van der Waals surface area contributed by atoms with Crippen molar-refractivity contribution in [2.45, 2.75) is 64.2 Å². The Balaban J connectivity index is 1.73. The van der Waals surface area contributed by atoms with E-state index in [0.717, 1.165) is 17.9 Å². The lowest BCUT2D eigenvalue weighted by molar-refractivity contribution is 0.0698. The molecule has 3 heteroatoms. The summed E-state index contributed by atoms with van der Waals surface area (Å²) in [4.78, 5) is 10.9. The first-order valence-corrected chi connectivity index (χ1v) is 8.28. The maximum atomic E-state index is 10.9. The fourth-order valence-electron chi connectivity index (χ4n) is 3.38. The van der Waals surface area contributed by atoms with Crippen molar-refractivity contribution in [3.05, 3.63) is 29.3 Å². The van der Waals surface area contributed by atoms with Gasteiger partial charge in [0.05, 0.1) is 5.56 Å². The third kappa shape index (κ3) is 5.07. The van der Waals surface area contributed by atoms with Gasteiger partial charge in [-0.2, -0.15) is 0 Å². The molecule has 2 rings (SSSR count). The first-order chi connectivity index (χ1) is 10.2. The molecule has 0 atom stereocenters. The van der Waals surface area contributed by atoms with Gasteiger partial charge in [0.25, 0.3) is 0 Å². The summed E-state index contributed by atoms with van der Waals surface area (Å²) in [6.45, 7) is 0. The van der Waals surface area contributed by atoms with Gasteiger partial charge < -0.3 is 10.8 Å². The summed E-state index contributed by atoms with van der Waals surface area (Å²) in [5.74, 6) is -0.0145. The molecule has 0 unspecified atom stereocenters. The summed E-state index contributed by atoms with van der Waals surface area (Å²) in [7, 11) is 0. The van der Waals surface area contributed by atoms with E-state index in [4.69, 9.17) is 10.8 Å². The van der Waals surface area contributed by atoms with Crippen LogP contribution in [0.5, 0.6) is 0 Å². The summed E-state index contributed by atoms with van der Waals surface area (Å²) >= 11 is 0. The number of carbonyl (C=O) groups is 1. The highest BCUT2D eigenvalue weighted by Crippen LogP contribution is 2.27. The molecule has 1 aliphatic rings. The van der Waals surface area contributed by atoms with Gasteiger partial charge in [0.15, 0.2) is 0 Å². The average Bonchev–Trinajstić information content (AvgIpc) is 2.72. The van der Waals surface area contributed by atoms with Crippen molar-refractivity contribution in [2.75, 3.05) is 5.73 Å². The summed E-state index contributed by atoms with van der Waals surface area (Å²) in [5.41, 5.74) is 7.52. The lowest BCUT2D eigenvalue weighted by atomic mass is 9.93. The molecule has 0 spiro atoms. The molecule has 116 valence electrons. The van der Waals surface area contributed by atoms with E-state index in [9.17, 15) is 4.79 Å². The number of unbranched alkanes of at least 4 members (excludes halogenated alkanes) is 1. The quantitative estimate of drug-likeness (QED) is 0.455. The normalized spacial score (nSPS) is 16.6. The maximum absolute atomic E-state index is 10.9. The van der Waals surface area contributed by atoms with Gasteiger partial charge in [-0.15, -0.1) is 0 Å². The van der Waals surface area contributed by atoms with E-state index in [0.29, 0.717) is 5.69 Å². The first kappa shape index (κ1) is 15.9. The molecule has 0 saturated heterocycles. The summed E-state index contributed by atoms with van der Waals surface area (Å²) in [5, 5.41) is 8.96. The molecule has 0 aromatic heterocycles. The first-order valence-electron chi connectivity index (χ1n) is 8.28. The van der Waals surface area contributed by atoms with Gasteiger partial charge in [0, 0.05) is 5.69 Å². The predicted molar refractivity (Wildman–Crippen MR) is 86.6 cm³/mol. The van der Waals surface area contributed by atoms with Gasteiger partial charge in [-0.25, -0.2) is 4.79 Å². The van der Waals surface area contributed by atoms with Gasteiger partial charge in [0.2, 0.25) is 0 Å². The predicted octanol–water partition coefficient (Wildman–Crippen LogP) is 4.65. The molecule has 3 N–H and O–H groups in total. The Morgan fingerprint density at radius 3 is 2.48 bits per heavy atom. The highest BCUT2D eigenvalue weighted by Gasteiger charge is 2.12. The molecule has 1 saturated carbocycles. The zero-order valence-corrected chi connectivity index (χ0v) is 12.8. The number of carboxylic acids is 1. The Labute approximate surface area is 127 Å². The minimum Gasteiger partial charge on any atom is -0.478 e. The summed E-state index contributed by atoms with van der Waals surface area (Å²) in [6.07, 6.45) is 13.3. The summed E-state index contributed by atoms with van der Waals surface area (Å²) < 4.78 is 0. The molecule has 0 aliphatic heterocycles. The Bertz CT molecular complexity index is 462. The van der Waals surface area contributed by atoms with Gasteiger partial charge in [0.1, 0.15) is 0 Å². The van der Waals surface area contributed by atoms with E-state index in [1.54, 1.807) is 6.07 Å². The van der Waals surface area contributed by atoms with Crippen molar-refractivity contribution in [1.29, 1.82) is 0 Å². The zero-order valence-electron chi connectivity index (χ0n) is 12.8. The number of hydrogen-bond donors (Lipinski definition) is 2. The highest BCUT2D eigenvalue weighted by molar-refractivity contribution is 5.93. The van der Waals surface area contributed by atoms with Crippen molar-refractivity contribution >= 4 is 11.7 Å². The second-order valence-corrected chi connectivity index (χ2v) is 6.33. The number of hydrogen-bond acceptors (Lipinski definition) is 2. The van der Waals surface area contributed by atoms with E-state index in [-0.39, 0.29) is 5.56 Å². The Kier molecular flexibility index (Phi) is 6.09. The Morgan fingerprint density at radius 2 is 1.86 bits per heavy atom. The SMILES string of the molecule is Nc1cc(CCCCC2CCCCCC2)ccc1C(=O)O. The fraction of sp³-hybridized carbons (Fsp3) is 0.611. The van der Waals surface area contributed by atoms with E-state index >= 15 is 0 Å². The highest BCUT2D eigenvalue weighted by atomic mass is 16.4. The van der Waals surface area contributed by atoms with Crippen molar-refractivity contribution in [2.24, 2.45) is 5.92 Å². The molecule has 1 fully saturated rings. The second kappa shape index (κ2) is 8.06. The largest absolute Gasteiger partial charge is 0.478 e. The molecule has 21 heavy (non-hydrogen) atoms. The number of nitrogen functional groups attached to an aromatic ring is 1. The van der Waals surface area contributed by atoms with Crippen LogP contribution in [0.1, 0.15) is 73.7 Å². The number of aromatic carboxylic acids is 1. The number of carboxylic acid groups (broad SMARTS) is 1. The molecule has 0 bridgehead atoms. The van der Waals surface area contributed by atoms with Gasteiger partial charge in [-0.1, -0.05) is 57.4 Å². The minimum absolute atomic E-state index is 0.206.